The molecule has 108 valence electrons. The Balaban J connectivity index is 2.30. The molecule has 20 heavy (non-hydrogen) atoms. The largest absolute Gasteiger partial charge is 0.490 e. The number of carbonyl (C=O) groups is 1. The van der Waals surface area contributed by atoms with E-state index >= 15 is 0 Å². The molecule has 0 spiro atoms. The Kier molecular flexibility index (Phi) is 4.22. The second kappa shape index (κ2) is 5.90. The third-order valence-electron chi connectivity index (χ3n) is 3.69. The summed E-state index contributed by atoms with van der Waals surface area (Å²) in [5, 5.41) is 11.0. The molecule has 6 nitrogen and oxygen atoms in total. The second-order valence-electron chi connectivity index (χ2n) is 4.99. The molecule has 0 radical (unpaired) electrons. The fourth-order valence-electron chi connectivity index (χ4n) is 2.53. The molecule has 1 aromatic carbocycles. The minimum atomic E-state index is -0.532. The lowest BCUT2D eigenvalue weighted by atomic mass is 10.0. The average Bonchev–Trinajstić information content (AvgIpc) is 2.46. The zero-order valence-electron chi connectivity index (χ0n) is 11.7. The quantitative estimate of drug-likeness (QED) is 0.629. The Morgan fingerprint density at radius 1 is 1.45 bits per heavy atom. The summed E-state index contributed by atoms with van der Waals surface area (Å²) in [4.78, 5) is 24.7. The number of nitro benzene ring substituents is 1. The normalized spacial score (nSPS) is 18.7. The van der Waals surface area contributed by atoms with Crippen LogP contribution in [0.4, 0.5) is 5.69 Å². The van der Waals surface area contributed by atoms with Crippen molar-refractivity contribution in [3.63, 3.8) is 0 Å². The summed E-state index contributed by atoms with van der Waals surface area (Å²) in [7, 11) is 1.37. The molecule has 0 aliphatic carbocycles. The lowest BCUT2D eigenvalue weighted by Crippen LogP contribution is -2.42. The number of rotatable bonds is 3. The number of carbonyl (C=O) groups excluding carboxylic acids is 1. The number of hydrogen-bond acceptors (Lipinski definition) is 4. The van der Waals surface area contributed by atoms with E-state index in [-0.39, 0.29) is 23.4 Å². The van der Waals surface area contributed by atoms with E-state index in [0.717, 1.165) is 19.3 Å². The molecule has 6 heteroatoms. The minimum absolute atomic E-state index is 0.150. The van der Waals surface area contributed by atoms with Gasteiger partial charge in [0.15, 0.2) is 5.75 Å². The van der Waals surface area contributed by atoms with Crippen molar-refractivity contribution in [1.82, 2.24) is 4.90 Å². The molecule has 1 heterocycles. The van der Waals surface area contributed by atoms with Gasteiger partial charge < -0.3 is 9.64 Å². The lowest BCUT2D eigenvalue weighted by molar-refractivity contribution is -0.385. The maximum atomic E-state index is 12.4. The van der Waals surface area contributed by atoms with Crippen molar-refractivity contribution in [2.75, 3.05) is 13.7 Å². The van der Waals surface area contributed by atoms with Crippen molar-refractivity contribution >= 4 is 11.6 Å². The SMILES string of the molecule is COc1ccc(C(=O)N2CCCC[C@@H]2C)cc1[N+](=O)[O-]. The fourth-order valence-corrected chi connectivity index (χ4v) is 2.53. The first-order valence-electron chi connectivity index (χ1n) is 6.68. The molecule has 0 saturated carbocycles. The molecular formula is C14H18N2O4. The Bertz CT molecular complexity index is 530. The Labute approximate surface area is 117 Å². The van der Waals surface area contributed by atoms with Crippen molar-refractivity contribution in [3.8, 4) is 5.75 Å². The van der Waals surface area contributed by atoms with Gasteiger partial charge in [-0.05, 0) is 38.3 Å². The highest BCUT2D eigenvalue weighted by atomic mass is 16.6. The van der Waals surface area contributed by atoms with Gasteiger partial charge in [0, 0.05) is 24.2 Å². The third kappa shape index (κ3) is 2.74. The number of benzene rings is 1. The molecule has 1 aliphatic rings. The van der Waals surface area contributed by atoms with Crippen LogP contribution in [-0.4, -0.2) is 35.4 Å². The summed E-state index contributed by atoms with van der Waals surface area (Å²) in [6.45, 7) is 2.72. The van der Waals surface area contributed by atoms with Crippen LogP contribution in [0.2, 0.25) is 0 Å². The zero-order valence-corrected chi connectivity index (χ0v) is 11.7. The van der Waals surface area contributed by atoms with E-state index in [1.807, 2.05) is 6.92 Å². The topological polar surface area (TPSA) is 72.7 Å². The molecule has 1 aliphatic heterocycles. The standard InChI is InChI=1S/C14H18N2O4/c1-10-5-3-4-8-15(10)14(17)11-6-7-13(20-2)12(9-11)16(18)19/h6-7,9-10H,3-5,8H2,1-2H3/t10-/m0/s1. The monoisotopic (exact) mass is 278 g/mol. The summed E-state index contributed by atoms with van der Waals surface area (Å²) in [5.41, 5.74) is 0.161. The number of amides is 1. The van der Waals surface area contributed by atoms with E-state index in [1.165, 1.54) is 19.2 Å². The van der Waals surface area contributed by atoms with Crippen LogP contribution in [0, 0.1) is 10.1 Å². The number of nitrogens with zero attached hydrogens (tertiary/aromatic N) is 2. The number of ether oxygens (including phenoxy) is 1. The van der Waals surface area contributed by atoms with Crippen molar-refractivity contribution in [2.45, 2.75) is 32.2 Å². The molecule has 1 atom stereocenters. The average molecular weight is 278 g/mol. The van der Waals surface area contributed by atoms with Crippen LogP contribution in [0.1, 0.15) is 36.5 Å². The van der Waals surface area contributed by atoms with Gasteiger partial charge >= 0.3 is 5.69 Å². The van der Waals surface area contributed by atoms with Gasteiger partial charge in [-0.15, -0.1) is 0 Å². The van der Waals surface area contributed by atoms with Gasteiger partial charge in [0.25, 0.3) is 5.91 Å². The van der Waals surface area contributed by atoms with Crippen molar-refractivity contribution < 1.29 is 14.5 Å². The maximum Gasteiger partial charge on any atom is 0.311 e. The Morgan fingerprint density at radius 3 is 2.80 bits per heavy atom. The molecule has 2 rings (SSSR count). The van der Waals surface area contributed by atoms with Gasteiger partial charge in [-0.3, -0.25) is 14.9 Å². The van der Waals surface area contributed by atoms with E-state index < -0.39 is 4.92 Å². The second-order valence-corrected chi connectivity index (χ2v) is 4.99. The van der Waals surface area contributed by atoms with Crippen LogP contribution >= 0.6 is 0 Å². The molecule has 1 aromatic rings. The molecule has 1 amide bonds. The summed E-state index contributed by atoms with van der Waals surface area (Å²) in [6.07, 6.45) is 3.08. The van der Waals surface area contributed by atoms with E-state index in [0.29, 0.717) is 12.1 Å². The van der Waals surface area contributed by atoms with Crippen molar-refractivity contribution in [1.29, 1.82) is 0 Å². The van der Waals surface area contributed by atoms with Crippen LogP contribution in [0.25, 0.3) is 0 Å². The van der Waals surface area contributed by atoms with Gasteiger partial charge in [-0.2, -0.15) is 0 Å². The molecule has 1 fully saturated rings. The van der Waals surface area contributed by atoms with Crippen LogP contribution in [-0.2, 0) is 0 Å². The Morgan fingerprint density at radius 2 is 2.20 bits per heavy atom. The van der Waals surface area contributed by atoms with Gasteiger partial charge in [0.2, 0.25) is 0 Å². The van der Waals surface area contributed by atoms with Crippen LogP contribution in [0.15, 0.2) is 18.2 Å². The Hall–Kier alpha value is -2.11. The minimum Gasteiger partial charge on any atom is -0.490 e. The highest BCUT2D eigenvalue weighted by molar-refractivity contribution is 5.95. The number of likely N-dealkylation sites (tertiary alicyclic amines) is 1. The highest BCUT2D eigenvalue weighted by Gasteiger charge is 2.26. The summed E-state index contributed by atoms with van der Waals surface area (Å²) < 4.78 is 4.94. The van der Waals surface area contributed by atoms with E-state index in [9.17, 15) is 14.9 Å². The molecule has 0 unspecified atom stereocenters. The fraction of sp³-hybridized carbons (Fsp3) is 0.500. The van der Waals surface area contributed by atoms with Crippen LogP contribution < -0.4 is 4.74 Å². The number of nitro groups is 1. The first kappa shape index (κ1) is 14.3. The number of hydrogen-bond donors (Lipinski definition) is 0. The molecule has 0 aromatic heterocycles. The summed E-state index contributed by atoms with van der Waals surface area (Å²) >= 11 is 0. The van der Waals surface area contributed by atoms with Gasteiger partial charge in [0.1, 0.15) is 0 Å². The zero-order chi connectivity index (χ0) is 14.7. The van der Waals surface area contributed by atoms with Gasteiger partial charge in [0.05, 0.1) is 12.0 Å². The van der Waals surface area contributed by atoms with E-state index in [1.54, 1.807) is 11.0 Å². The van der Waals surface area contributed by atoms with E-state index in [4.69, 9.17) is 4.74 Å². The number of methoxy groups -OCH3 is 1. The molecule has 0 bridgehead atoms. The highest BCUT2D eigenvalue weighted by Crippen LogP contribution is 2.29. The maximum absolute atomic E-state index is 12.4. The predicted octanol–water partition coefficient (Wildman–Crippen LogP) is 2.62. The van der Waals surface area contributed by atoms with Gasteiger partial charge in [-0.1, -0.05) is 0 Å². The predicted molar refractivity (Wildman–Crippen MR) is 74.0 cm³/mol. The van der Waals surface area contributed by atoms with Crippen LogP contribution in [0.3, 0.4) is 0 Å². The molecule has 0 N–H and O–H groups in total. The third-order valence-corrected chi connectivity index (χ3v) is 3.69. The smallest absolute Gasteiger partial charge is 0.311 e. The summed E-state index contributed by atoms with van der Waals surface area (Å²) in [5.74, 6) is 0.0150. The van der Waals surface area contributed by atoms with Crippen molar-refractivity contribution in [2.24, 2.45) is 0 Å². The first-order chi connectivity index (χ1) is 9.54. The van der Waals surface area contributed by atoms with E-state index in [2.05, 4.69) is 0 Å². The first-order valence-corrected chi connectivity index (χ1v) is 6.68. The lowest BCUT2D eigenvalue weighted by Gasteiger charge is -2.33. The van der Waals surface area contributed by atoms with Crippen LogP contribution in [0.5, 0.6) is 5.75 Å². The van der Waals surface area contributed by atoms with Crippen molar-refractivity contribution in [3.05, 3.63) is 33.9 Å². The molecule has 1 saturated heterocycles. The molecular weight excluding hydrogens is 260 g/mol. The van der Waals surface area contributed by atoms with Gasteiger partial charge in [-0.25, -0.2) is 0 Å². The summed E-state index contributed by atoms with van der Waals surface area (Å²) in [6, 6.07) is 4.52. The number of piperidine rings is 1.